The molecule has 0 saturated carbocycles. The second-order valence-electron chi connectivity index (χ2n) is 10.5. The SMILES string of the molecule is CC(C)(C)C[Si](C)(C)C(CO)N(CC(=O)Nc1cccc(-n2cn[nH]c2=S)c1)c1ccccc1. The van der Waals surface area contributed by atoms with Crippen LogP contribution in [0.2, 0.25) is 19.1 Å². The number of aliphatic hydroxyl groups is 1. The molecule has 9 heteroatoms. The van der Waals surface area contributed by atoms with E-state index in [9.17, 15) is 9.90 Å². The first-order valence-electron chi connectivity index (χ1n) is 11.4. The van der Waals surface area contributed by atoms with Crippen molar-refractivity contribution in [1.82, 2.24) is 14.8 Å². The zero-order chi connectivity index (χ0) is 24.9. The quantitative estimate of drug-likeness (QED) is 0.285. The highest BCUT2D eigenvalue weighted by atomic mass is 32.1. The number of carbonyl (C=O) groups is 1. The van der Waals surface area contributed by atoms with Crippen LogP contribution in [0.1, 0.15) is 20.8 Å². The van der Waals surface area contributed by atoms with E-state index in [-0.39, 0.29) is 30.1 Å². The van der Waals surface area contributed by atoms with Crippen LogP contribution in [-0.2, 0) is 4.79 Å². The number of amides is 1. The number of para-hydroxylation sites is 1. The molecule has 0 fully saturated rings. The zero-order valence-corrected chi connectivity index (χ0v) is 22.4. The number of benzene rings is 2. The smallest absolute Gasteiger partial charge is 0.243 e. The average Bonchev–Trinajstić information content (AvgIpc) is 3.18. The van der Waals surface area contributed by atoms with Crippen molar-refractivity contribution >= 4 is 37.6 Å². The molecule has 0 saturated heterocycles. The third kappa shape index (κ3) is 6.65. The lowest BCUT2D eigenvalue weighted by molar-refractivity contribution is -0.115. The van der Waals surface area contributed by atoms with E-state index in [4.69, 9.17) is 12.2 Å². The van der Waals surface area contributed by atoms with Crippen LogP contribution >= 0.6 is 12.2 Å². The molecule has 0 aliphatic heterocycles. The molecule has 0 aliphatic rings. The summed E-state index contributed by atoms with van der Waals surface area (Å²) >= 11 is 5.26. The van der Waals surface area contributed by atoms with Crippen molar-refractivity contribution in [2.24, 2.45) is 5.41 Å². The van der Waals surface area contributed by atoms with Gasteiger partial charge in [-0.1, -0.05) is 64.2 Å². The lowest BCUT2D eigenvalue weighted by atomic mass is 10.0. The van der Waals surface area contributed by atoms with Gasteiger partial charge in [-0.3, -0.25) is 14.5 Å². The maximum absolute atomic E-state index is 13.2. The molecule has 1 aromatic heterocycles. The first-order chi connectivity index (χ1) is 16.0. The molecule has 0 aliphatic carbocycles. The minimum atomic E-state index is -1.95. The van der Waals surface area contributed by atoms with Crippen molar-refractivity contribution in [3.63, 3.8) is 0 Å². The van der Waals surface area contributed by atoms with E-state index in [1.807, 2.05) is 54.6 Å². The van der Waals surface area contributed by atoms with Crippen molar-refractivity contribution in [2.75, 3.05) is 23.4 Å². The third-order valence-electron chi connectivity index (χ3n) is 5.80. The highest BCUT2D eigenvalue weighted by Gasteiger charge is 2.39. The number of nitrogens with one attached hydrogen (secondary N) is 2. The van der Waals surface area contributed by atoms with E-state index in [2.05, 4.69) is 54.3 Å². The molecule has 1 amide bonds. The van der Waals surface area contributed by atoms with Gasteiger partial charge in [0.25, 0.3) is 0 Å². The Morgan fingerprint density at radius 1 is 1.21 bits per heavy atom. The summed E-state index contributed by atoms with van der Waals surface area (Å²) in [4.78, 5) is 15.3. The minimum absolute atomic E-state index is 0.00566. The molecule has 34 heavy (non-hydrogen) atoms. The normalized spacial score (nSPS) is 12.9. The van der Waals surface area contributed by atoms with Crippen LogP contribution in [-0.4, -0.2) is 52.7 Å². The van der Waals surface area contributed by atoms with Gasteiger partial charge in [-0.2, -0.15) is 5.10 Å². The Kier molecular flexibility index (Phi) is 8.11. The molecule has 7 nitrogen and oxygen atoms in total. The predicted molar refractivity (Wildman–Crippen MR) is 144 cm³/mol. The molecular formula is C25H35N5O2SSi. The Bertz CT molecular complexity index is 1150. The van der Waals surface area contributed by atoms with Gasteiger partial charge in [-0.25, -0.2) is 0 Å². The fourth-order valence-corrected chi connectivity index (χ4v) is 9.53. The number of rotatable bonds is 9. The Morgan fingerprint density at radius 3 is 2.50 bits per heavy atom. The van der Waals surface area contributed by atoms with Gasteiger partial charge in [-0.15, -0.1) is 0 Å². The van der Waals surface area contributed by atoms with Crippen LogP contribution in [0.25, 0.3) is 5.69 Å². The molecular weight excluding hydrogens is 462 g/mol. The Hall–Kier alpha value is -2.75. The minimum Gasteiger partial charge on any atom is -0.395 e. The molecule has 1 heterocycles. The number of hydrogen-bond acceptors (Lipinski definition) is 5. The molecule has 182 valence electrons. The van der Waals surface area contributed by atoms with Crippen LogP contribution < -0.4 is 10.2 Å². The zero-order valence-electron chi connectivity index (χ0n) is 20.6. The highest BCUT2D eigenvalue weighted by molar-refractivity contribution is 7.71. The van der Waals surface area contributed by atoms with Gasteiger partial charge in [0.1, 0.15) is 6.33 Å². The first kappa shape index (κ1) is 25.9. The topological polar surface area (TPSA) is 86.2 Å². The van der Waals surface area contributed by atoms with E-state index < -0.39 is 8.07 Å². The highest BCUT2D eigenvalue weighted by Crippen LogP contribution is 2.33. The van der Waals surface area contributed by atoms with Gasteiger partial charge in [0.05, 0.1) is 26.9 Å². The van der Waals surface area contributed by atoms with E-state index in [1.54, 1.807) is 10.9 Å². The number of nitrogens with zero attached hydrogens (tertiary/aromatic N) is 3. The molecule has 3 aromatic rings. The molecule has 2 aromatic carbocycles. The lowest BCUT2D eigenvalue weighted by Gasteiger charge is -2.43. The standard InChI is InChI=1S/C25H35N5O2SSi/c1-25(2,3)17-34(4,5)23(16-31)29(20-11-7-6-8-12-20)15-22(32)27-19-10-9-13-21(14-19)30-18-26-28-24(30)33/h6-14,18,23,31H,15-17H2,1-5H3,(H,27,32)(H,28,33). The Balaban J connectivity index is 1.85. The van der Waals surface area contributed by atoms with Crippen LogP contribution in [0.3, 0.4) is 0 Å². The van der Waals surface area contributed by atoms with Gasteiger partial charge < -0.3 is 15.3 Å². The molecule has 1 unspecified atom stereocenters. The third-order valence-corrected chi connectivity index (χ3v) is 10.4. The number of carbonyl (C=O) groups excluding carboxylic acids is 1. The molecule has 0 radical (unpaired) electrons. The maximum Gasteiger partial charge on any atom is 0.243 e. The fraction of sp³-hybridized carbons (Fsp3) is 0.400. The van der Waals surface area contributed by atoms with Crippen LogP contribution in [0.5, 0.6) is 0 Å². The largest absolute Gasteiger partial charge is 0.395 e. The van der Waals surface area contributed by atoms with Crippen molar-refractivity contribution in [2.45, 2.75) is 45.6 Å². The molecule has 3 rings (SSSR count). The van der Waals surface area contributed by atoms with Crippen LogP contribution in [0.4, 0.5) is 11.4 Å². The monoisotopic (exact) mass is 497 g/mol. The second-order valence-corrected chi connectivity index (χ2v) is 15.9. The molecule has 3 N–H and O–H groups in total. The van der Waals surface area contributed by atoms with E-state index >= 15 is 0 Å². The van der Waals surface area contributed by atoms with Gasteiger partial charge >= 0.3 is 0 Å². The molecule has 0 spiro atoms. The number of hydrogen-bond donors (Lipinski definition) is 3. The fourth-order valence-electron chi connectivity index (χ4n) is 4.77. The van der Waals surface area contributed by atoms with Gasteiger partial charge in [0, 0.05) is 17.0 Å². The van der Waals surface area contributed by atoms with Gasteiger partial charge in [0.15, 0.2) is 4.77 Å². The van der Waals surface area contributed by atoms with Gasteiger partial charge in [-0.05, 0) is 48.0 Å². The second kappa shape index (κ2) is 10.7. The summed E-state index contributed by atoms with van der Waals surface area (Å²) < 4.78 is 2.22. The molecule has 0 bridgehead atoms. The summed E-state index contributed by atoms with van der Waals surface area (Å²) in [7, 11) is -1.95. The first-order valence-corrected chi connectivity index (χ1v) is 15.1. The van der Waals surface area contributed by atoms with E-state index in [0.717, 1.165) is 17.4 Å². The number of aromatic nitrogens is 3. The van der Waals surface area contributed by atoms with Crippen molar-refractivity contribution in [1.29, 1.82) is 0 Å². The van der Waals surface area contributed by atoms with Crippen molar-refractivity contribution < 1.29 is 9.90 Å². The summed E-state index contributed by atoms with van der Waals surface area (Å²) in [5.74, 6) is -0.143. The van der Waals surface area contributed by atoms with E-state index in [1.165, 1.54) is 0 Å². The van der Waals surface area contributed by atoms with Gasteiger partial charge in [0.2, 0.25) is 5.91 Å². The summed E-state index contributed by atoms with van der Waals surface area (Å²) in [6.07, 6.45) is 1.61. The average molecular weight is 498 g/mol. The summed E-state index contributed by atoms with van der Waals surface area (Å²) in [5.41, 5.74) is 2.46. The van der Waals surface area contributed by atoms with E-state index in [0.29, 0.717) is 10.5 Å². The number of aliphatic hydroxyl groups excluding tert-OH is 1. The maximum atomic E-state index is 13.2. The Labute approximate surface area is 207 Å². The van der Waals surface area contributed by atoms with Crippen LogP contribution in [0, 0.1) is 10.2 Å². The summed E-state index contributed by atoms with van der Waals surface area (Å²) in [5, 5.41) is 20.2. The Morgan fingerprint density at radius 2 is 1.91 bits per heavy atom. The van der Waals surface area contributed by atoms with Crippen molar-refractivity contribution in [3.05, 3.63) is 65.7 Å². The number of anilines is 2. The summed E-state index contributed by atoms with van der Waals surface area (Å²) in [6.45, 7) is 11.4. The predicted octanol–water partition coefficient (Wildman–Crippen LogP) is 5.03. The van der Waals surface area contributed by atoms with Crippen molar-refractivity contribution in [3.8, 4) is 5.69 Å². The lowest BCUT2D eigenvalue weighted by Crippen LogP contribution is -2.58. The number of aromatic amines is 1. The summed E-state index contributed by atoms with van der Waals surface area (Å²) in [6, 6.07) is 18.4. The number of H-pyrrole nitrogens is 1. The molecule has 1 atom stereocenters. The van der Waals surface area contributed by atoms with Crippen LogP contribution in [0.15, 0.2) is 60.9 Å².